The Hall–Kier alpha value is -2.72. The summed E-state index contributed by atoms with van der Waals surface area (Å²) in [6, 6.07) is 16.5. The summed E-state index contributed by atoms with van der Waals surface area (Å²) in [5.74, 6) is 0.122. The second-order valence-electron chi connectivity index (χ2n) is 9.25. The predicted molar refractivity (Wildman–Crippen MR) is 141 cm³/mol. The number of amides is 1. The van der Waals surface area contributed by atoms with Gasteiger partial charge in [0.1, 0.15) is 4.75 Å². The number of aromatic nitrogens is 2. The molecule has 0 saturated heterocycles. The summed E-state index contributed by atoms with van der Waals surface area (Å²) in [5, 5.41) is 11.6. The highest BCUT2D eigenvalue weighted by atomic mass is 35.5. The summed E-state index contributed by atoms with van der Waals surface area (Å²) in [4.78, 5) is 13.4. The van der Waals surface area contributed by atoms with Crippen molar-refractivity contribution in [1.82, 2.24) is 10.2 Å². The fourth-order valence-electron chi connectivity index (χ4n) is 3.79. The molecule has 0 aliphatic carbocycles. The SMILES string of the molecule is COS(=O)(=O)C(C)(C)c1ccc2sc(C(=O)Nc3cc(C(C)(C)c4ccc(Cl)cc4)[nH]n3)cc2c1. The molecule has 0 spiro atoms. The van der Waals surface area contributed by atoms with Crippen LogP contribution in [-0.4, -0.2) is 31.6 Å². The fourth-order valence-corrected chi connectivity index (χ4v) is 5.68. The van der Waals surface area contributed by atoms with E-state index < -0.39 is 14.9 Å². The van der Waals surface area contributed by atoms with E-state index >= 15 is 0 Å². The second kappa shape index (κ2) is 9.05. The molecule has 0 aliphatic heterocycles. The number of nitrogens with zero attached hydrogens (tertiary/aromatic N) is 1. The van der Waals surface area contributed by atoms with Crippen molar-refractivity contribution in [3.63, 3.8) is 0 Å². The van der Waals surface area contributed by atoms with Gasteiger partial charge in [0.15, 0.2) is 5.82 Å². The van der Waals surface area contributed by atoms with Crippen LogP contribution in [0.1, 0.15) is 54.2 Å². The van der Waals surface area contributed by atoms with Crippen LogP contribution in [0.5, 0.6) is 0 Å². The van der Waals surface area contributed by atoms with E-state index in [0.717, 1.165) is 28.5 Å². The minimum Gasteiger partial charge on any atom is -0.304 e. The molecule has 35 heavy (non-hydrogen) atoms. The number of nitrogens with one attached hydrogen (secondary N) is 2. The Labute approximate surface area is 213 Å². The fraction of sp³-hybridized carbons (Fsp3) is 0.280. The van der Waals surface area contributed by atoms with Crippen molar-refractivity contribution < 1.29 is 17.4 Å². The third-order valence-corrected chi connectivity index (χ3v) is 9.63. The summed E-state index contributed by atoms with van der Waals surface area (Å²) >= 11 is 7.34. The van der Waals surface area contributed by atoms with Gasteiger partial charge in [-0.2, -0.15) is 13.5 Å². The van der Waals surface area contributed by atoms with Gasteiger partial charge in [-0.1, -0.05) is 43.6 Å². The van der Waals surface area contributed by atoms with Gasteiger partial charge in [0.05, 0.1) is 12.0 Å². The topological polar surface area (TPSA) is 101 Å². The minimum absolute atomic E-state index is 0.293. The largest absolute Gasteiger partial charge is 0.304 e. The Kier molecular flexibility index (Phi) is 6.56. The molecule has 0 radical (unpaired) electrons. The van der Waals surface area contributed by atoms with Crippen LogP contribution in [0.3, 0.4) is 0 Å². The molecule has 0 saturated carbocycles. The molecule has 7 nitrogen and oxygen atoms in total. The maximum absolute atomic E-state index is 13.0. The molecule has 2 N–H and O–H groups in total. The summed E-state index contributed by atoms with van der Waals surface area (Å²) < 4.78 is 29.1. The lowest BCUT2D eigenvalue weighted by Gasteiger charge is -2.23. The molecule has 10 heteroatoms. The molecule has 2 aromatic carbocycles. The molecule has 4 aromatic rings. The third-order valence-electron chi connectivity index (χ3n) is 6.34. The van der Waals surface area contributed by atoms with Gasteiger partial charge < -0.3 is 5.32 Å². The van der Waals surface area contributed by atoms with E-state index in [4.69, 9.17) is 15.8 Å². The zero-order valence-corrected chi connectivity index (χ0v) is 22.4. The first-order valence-electron chi connectivity index (χ1n) is 10.8. The van der Waals surface area contributed by atoms with Gasteiger partial charge >= 0.3 is 0 Å². The number of hydrogen-bond donors (Lipinski definition) is 2. The van der Waals surface area contributed by atoms with Gasteiger partial charge in [-0.3, -0.25) is 14.1 Å². The molecule has 2 aromatic heterocycles. The number of rotatable bonds is 7. The second-order valence-corrected chi connectivity index (χ2v) is 13.0. The van der Waals surface area contributed by atoms with E-state index in [1.54, 1.807) is 32.0 Å². The molecular formula is C25H26ClN3O4S2. The monoisotopic (exact) mass is 531 g/mol. The molecule has 0 fully saturated rings. The van der Waals surface area contributed by atoms with Crippen LogP contribution in [0.4, 0.5) is 5.82 Å². The Morgan fingerprint density at radius 1 is 1.03 bits per heavy atom. The Bertz CT molecular complexity index is 1500. The van der Waals surface area contributed by atoms with Crippen molar-refractivity contribution in [1.29, 1.82) is 0 Å². The van der Waals surface area contributed by atoms with Crippen molar-refractivity contribution in [2.24, 2.45) is 0 Å². The molecule has 4 rings (SSSR count). The number of fused-ring (bicyclic) bond motifs is 1. The van der Waals surface area contributed by atoms with E-state index in [0.29, 0.717) is 21.3 Å². The van der Waals surface area contributed by atoms with E-state index in [-0.39, 0.29) is 11.3 Å². The highest BCUT2D eigenvalue weighted by molar-refractivity contribution is 7.87. The minimum atomic E-state index is -3.80. The van der Waals surface area contributed by atoms with Crippen LogP contribution < -0.4 is 5.32 Å². The van der Waals surface area contributed by atoms with Gasteiger partial charge in [-0.25, -0.2) is 0 Å². The number of carbonyl (C=O) groups is 1. The number of aromatic amines is 1. The Balaban J connectivity index is 1.56. The average Bonchev–Trinajstić information content (AvgIpc) is 3.46. The zero-order valence-electron chi connectivity index (χ0n) is 20.0. The zero-order chi connectivity index (χ0) is 25.6. The van der Waals surface area contributed by atoms with Crippen LogP contribution in [0.2, 0.25) is 5.02 Å². The number of carbonyl (C=O) groups excluding carboxylic acids is 1. The third kappa shape index (κ3) is 4.73. The molecule has 0 bridgehead atoms. The van der Waals surface area contributed by atoms with Crippen molar-refractivity contribution in [3.8, 4) is 0 Å². The first-order chi connectivity index (χ1) is 16.3. The van der Waals surface area contributed by atoms with Gasteiger partial charge in [0.2, 0.25) is 0 Å². The van der Waals surface area contributed by atoms with Crippen LogP contribution in [0, 0.1) is 0 Å². The number of H-pyrrole nitrogens is 1. The molecule has 2 heterocycles. The summed E-state index contributed by atoms with van der Waals surface area (Å²) in [7, 11) is -2.64. The van der Waals surface area contributed by atoms with Crippen molar-refractivity contribution in [2.45, 2.75) is 37.9 Å². The quantitative estimate of drug-likeness (QED) is 0.282. The highest BCUT2D eigenvalue weighted by Crippen LogP contribution is 2.36. The highest BCUT2D eigenvalue weighted by Gasteiger charge is 2.36. The van der Waals surface area contributed by atoms with Crippen molar-refractivity contribution >= 4 is 54.9 Å². The Morgan fingerprint density at radius 3 is 2.34 bits per heavy atom. The van der Waals surface area contributed by atoms with E-state index in [1.165, 1.54) is 11.3 Å². The van der Waals surface area contributed by atoms with E-state index in [1.807, 2.05) is 36.4 Å². The van der Waals surface area contributed by atoms with Gasteiger partial charge in [0.25, 0.3) is 16.0 Å². The van der Waals surface area contributed by atoms with Crippen LogP contribution in [0.15, 0.2) is 54.6 Å². The molecule has 0 aliphatic rings. The molecule has 0 unspecified atom stereocenters. The standard InChI is InChI=1S/C25H26ClN3O4S2/c1-24(2,16-6-9-18(26)10-7-16)21-14-22(29-28-21)27-23(30)20-13-15-12-17(8-11-19(15)34-20)25(3,4)35(31,32)33-5/h6-14H,1-5H3,(H2,27,28,29,30). The molecule has 184 valence electrons. The summed E-state index contributed by atoms with van der Waals surface area (Å²) in [5.41, 5.74) is 2.11. The Morgan fingerprint density at radius 2 is 1.69 bits per heavy atom. The average molecular weight is 532 g/mol. The van der Waals surface area contributed by atoms with Crippen molar-refractivity contribution in [2.75, 3.05) is 12.4 Å². The lowest BCUT2D eigenvalue weighted by molar-refractivity contribution is 0.103. The van der Waals surface area contributed by atoms with Crippen LogP contribution in [-0.2, 0) is 24.5 Å². The normalized spacial score (nSPS) is 12.7. The van der Waals surface area contributed by atoms with Crippen LogP contribution in [0.25, 0.3) is 10.1 Å². The maximum atomic E-state index is 13.0. The number of benzene rings is 2. The van der Waals surface area contributed by atoms with Gasteiger partial charge in [-0.05, 0) is 60.7 Å². The molecule has 1 amide bonds. The van der Waals surface area contributed by atoms with Crippen LogP contribution >= 0.6 is 22.9 Å². The van der Waals surface area contributed by atoms with E-state index in [2.05, 4.69) is 29.4 Å². The lowest BCUT2D eigenvalue weighted by Crippen LogP contribution is -2.30. The lowest BCUT2D eigenvalue weighted by atomic mass is 9.81. The number of thiophene rings is 1. The predicted octanol–water partition coefficient (Wildman–Crippen LogP) is 6.07. The summed E-state index contributed by atoms with van der Waals surface area (Å²) in [6.07, 6.45) is 0. The first-order valence-corrected chi connectivity index (χ1v) is 13.4. The molecule has 0 atom stereocenters. The summed E-state index contributed by atoms with van der Waals surface area (Å²) in [6.45, 7) is 7.30. The first kappa shape index (κ1) is 25.4. The maximum Gasteiger partial charge on any atom is 0.276 e. The van der Waals surface area contributed by atoms with Gasteiger partial charge in [-0.15, -0.1) is 11.3 Å². The van der Waals surface area contributed by atoms with Crippen molar-refractivity contribution in [3.05, 3.63) is 81.3 Å². The van der Waals surface area contributed by atoms with Gasteiger partial charge in [0, 0.05) is 26.9 Å². The molecular weight excluding hydrogens is 506 g/mol. The number of halogens is 1. The van der Waals surface area contributed by atoms with E-state index in [9.17, 15) is 13.2 Å². The smallest absolute Gasteiger partial charge is 0.276 e. The number of anilines is 1. The number of hydrogen-bond acceptors (Lipinski definition) is 6.